The molecule has 0 bridgehead atoms. The van der Waals surface area contributed by atoms with Gasteiger partial charge in [-0.1, -0.05) is 153 Å². The van der Waals surface area contributed by atoms with E-state index in [1.165, 1.54) is 58.8 Å². The van der Waals surface area contributed by atoms with Gasteiger partial charge in [-0.2, -0.15) is 0 Å². The van der Waals surface area contributed by atoms with E-state index in [1.807, 2.05) is 17.4 Å². The van der Waals surface area contributed by atoms with Crippen LogP contribution in [0.4, 0.5) is 0 Å². The predicted molar refractivity (Wildman–Crippen MR) is 223 cm³/mol. The number of rotatable bonds is 5. The van der Waals surface area contributed by atoms with Gasteiger partial charge in [0.1, 0.15) is 0 Å². The molecule has 2 atom stereocenters. The molecule has 0 saturated carbocycles. The van der Waals surface area contributed by atoms with Gasteiger partial charge >= 0.3 is 0 Å². The quantitative estimate of drug-likeness (QED) is 0.193. The van der Waals surface area contributed by atoms with Crippen LogP contribution in [0.3, 0.4) is 0 Å². The van der Waals surface area contributed by atoms with Crippen molar-refractivity contribution >= 4 is 42.3 Å². The first-order valence-corrected chi connectivity index (χ1v) is 18.6. The number of hydrogen-bond donors (Lipinski definition) is 1. The highest BCUT2D eigenvalue weighted by atomic mass is 32.1. The zero-order valence-electron chi connectivity index (χ0n) is 29.1. The number of fused-ring (bicyclic) bond motifs is 4. The Balaban J connectivity index is 1.09. The Bertz CT molecular complexity index is 2550. The monoisotopic (exact) mass is 675 g/mol. The van der Waals surface area contributed by atoms with Crippen LogP contribution in [0, 0.1) is 5.92 Å². The third-order valence-electron chi connectivity index (χ3n) is 10.1. The molecule has 2 unspecified atom stereocenters. The lowest BCUT2D eigenvalue weighted by molar-refractivity contribution is 0.594. The Hall–Kier alpha value is -5.54. The molecule has 1 aliphatic rings. The van der Waals surface area contributed by atoms with Crippen molar-refractivity contribution < 1.29 is 0 Å². The number of benzene rings is 6. The van der Waals surface area contributed by atoms with Gasteiger partial charge in [-0.25, -0.2) is 0 Å². The van der Waals surface area contributed by atoms with E-state index in [0.29, 0.717) is 5.92 Å². The van der Waals surface area contributed by atoms with Crippen LogP contribution in [-0.4, -0.2) is 0 Å². The smallest absolute Gasteiger partial charge is 0.0634 e. The van der Waals surface area contributed by atoms with Crippen molar-refractivity contribution in [2.24, 2.45) is 11.7 Å². The fourth-order valence-electron chi connectivity index (χ4n) is 7.10. The van der Waals surface area contributed by atoms with Gasteiger partial charge in [-0.05, 0) is 111 Å². The summed E-state index contributed by atoms with van der Waals surface area (Å²) in [5.74, 6) is 0.421. The van der Waals surface area contributed by atoms with Crippen molar-refractivity contribution in [2.75, 3.05) is 0 Å². The van der Waals surface area contributed by atoms with Crippen molar-refractivity contribution in [3.63, 3.8) is 0 Å². The number of allylic oxidation sites excluding steroid dienone is 8. The maximum Gasteiger partial charge on any atom is 0.0634 e. The van der Waals surface area contributed by atoms with E-state index in [2.05, 4.69) is 190 Å². The number of nitrogens with two attached hydrogens (primary N) is 1. The van der Waals surface area contributed by atoms with E-state index in [0.717, 1.165) is 23.1 Å². The molecule has 1 heterocycles. The van der Waals surface area contributed by atoms with Gasteiger partial charge in [-0.3, -0.25) is 0 Å². The van der Waals surface area contributed by atoms with Crippen LogP contribution >= 0.6 is 11.3 Å². The SMILES string of the molecule is CC1/C=C/C=C\C=C/C=C\C(C(C)(N)c2cccc(-c3cccc(-c4cccc(-c5ccc6c(c5)sc5cc7ccccc7cc56)c4)c3)c2)=C/C1. The average molecular weight is 676 g/mol. The Morgan fingerprint density at radius 3 is 1.82 bits per heavy atom. The van der Waals surface area contributed by atoms with Crippen LogP contribution in [0.25, 0.3) is 64.3 Å². The minimum atomic E-state index is -0.654. The summed E-state index contributed by atoms with van der Waals surface area (Å²) in [7, 11) is 0. The molecule has 2 heteroatoms. The standard InChI is InChI=1S/C49H41NS/c1-34-14-7-5-3-4-6-8-22-43(26-24-34)49(2,50)44-23-13-21-39(30-44)37-19-11-17-35(28-37)36-18-12-20-38(29-36)42-25-27-45-46-31-40-15-9-10-16-41(40)32-48(46)51-47(45)33-42/h3-23,25-34H,24,50H2,1-2H3/b5-3-,6-4-,14-7+,22-8-,43-26+. The molecule has 51 heavy (non-hydrogen) atoms. The van der Waals surface area contributed by atoms with Crippen molar-refractivity contribution in [3.05, 3.63) is 193 Å². The van der Waals surface area contributed by atoms with Crippen molar-refractivity contribution in [1.29, 1.82) is 0 Å². The summed E-state index contributed by atoms with van der Waals surface area (Å²) in [6.07, 6.45) is 20.1. The van der Waals surface area contributed by atoms with Crippen LogP contribution in [0.15, 0.2) is 188 Å². The zero-order valence-corrected chi connectivity index (χ0v) is 29.9. The highest BCUT2D eigenvalue weighted by Gasteiger charge is 2.25. The topological polar surface area (TPSA) is 26.0 Å². The van der Waals surface area contributed by atoms with Crippen molar-refractivity contribution in [1.82, 2.24) is 0 Å². The minimum absolute atomic E-state index is 0.421. The summed E-state index contributed by atoms with van der Waals surface area (Å²) in [5.41, 5.74) is 15.9. The van der Waals surface area contributed by atoms with Crippen LogP contribution in [0.1, 0.15) is 25.8 Å². The summed E-state index contributed by atoms with van der Waals surface area (Å²) in [6, 6.07) is 46.7. The molecule has 0 fully saturated rings. The molecule has 6 aromatic carbocycles. The molecule has 0 radical (unpaired) electrons. The number of thiophene rings is 1. The first-order valence-electron chi connectivity index (χ1n) is 17.8. The molecule has 7 aromatic rings. The highest BCUT2D eigenvalue weighted by Crippen LogP contribution is 2.39. The molecule has 8 rings (SSSR count). The maximum atomic E-state index is 7.18. The van der Waals surface area contributed by atoms with Crippen molar-refractivity contribution in [2.45, 2.75) is 25.8 Å². The van der Waals surface area contributed by atoms with Gasteiger partial charge in [0.15, 0.2) is 0 Å². The summed E-state index contributed by atoms with van der Waals surface area (Å²) in [4.78, 5) is 0. The van der Waals surface area contributed by atoms with Gasteiger partial charge in [0, 0.05) is 20.2 Å². The summed E-state index contributed by atoms with van der Waals surface area (Å²) < 4.78 is 2.65. The van der Waals surface area contributed by atoms with Gasteiger partial charge < -0.3 is 5.73 Å². The van der Waals surface area contributed by atoms with Gasteiger partial charge in [0.05, 0.1) is 5.54 Å². The molecule has 1 aliphatic carbocycles. The van der Waals surface area contributed by atoms with Crippen molar-refractivity contribution in [3.8, 4) is 33.4 Å². The Kier molecular flexibility index (Phi) is 8.96. The third-order valence-corrected chi connectivity index (χ3v) is 11.2. The Morgan fingerprint density at radius 2 is 1.12 bits per heavy atom. The van der Waals surface area contributed by atoms with Crippen LogP contribution in [-0.2, 0) is 5.54 Å². The first kappa shape index (κ1) is 32.7. The first-order chi connectivity index (χ1) is 24.9. The molecule has 0 amide bonds. The lowest BCUT2D eigenvalue weighted by atomic mass is 9.82. The van der Waals surface area contributed by atoms with E-state index in [4.69, 9.17) is 5.73 Å². The molecular weight excluding hydrogens is 635 g/mol. The fourth-order valence-corrected chi connectivity index (χ4v) is 8.28. The van der Waals surface area contributed by atoms with Gasteiger partial charge in [0.2, 0.25) is 0 Å². The van der Waals surface area contributed by atoms with E-state index in [-0.39, 0.29) is 0 Å². The molecule has 1 aromatic heterocycles. The molecular formula is C49H41NS. The normalized spacial score (nSPS) is 19.7. The Labute approximate surface area is 305 Å². The van der Waals surface area contributed by atoms with Gasteiger partial charge in [0.25, 0.3) is 0 Å². The van der Waals surface area contributed by atoms with Crippen LogP contribution < -0.4 is 5.73 Å². The maximum absolute atomic E-state index is 7.18. The molecule has 2 N–H and O–H groups in total. The van der Waals surface area contributed by atoms with Crippen LogP contribution in [0.2, 0.25) is 0 Å². The largest absolute Gasteiger partial charge is 0.318 e. The fraction of sp³-hybridized carbons (Fsp3) is 0.102. The molecule has 0 saturated heterocycles. The molecule has 0 aliphatic heterocycles. The molecule has 0 spiro atoms. The van der Waals surface area contributed by atoms with E-state index >= 15 is 0 Å². The number of hydrogen-bond acceptors (Lipinski definition) is 2. The average Bonchev–Trinajstić information content (AvgIpc) is 3.52. The van der Waals surface area contributed by atoms with E-state index < -0.39 is 5.54 Å². The second-order valence-electron chi connectivity index (χ2n) is 13.8. The second kappa shape index (κ2) is 14.0. The lowest BCUT2D eigenvalue weighted by Crippen LogP contribution is -2.34. The van der Waals surface area contributed by atoms with E-state index in [1.54, 1.807) is 0 Å². The summed E-state index contributed by atoms with van der Waals surface area (Å²) >= 11 is 1.88. The molecule has 248 valence electrons. The van der Waals surface area contributed by atoms with Gasteiger partial charge in [-0.15, -0.1) is 11.3 Å². The molecule has 1 nitrogen and oxygen atoms in total. The minimum Gasteiger partial charge on any atom is -0.318 e. The second-order valence-corrected chi connectivity index (χ2v) is 14.9. The summed E-state index contributed by atoms with van der Waals surface area (Å²) in [5, 5.41) is 5.24. The predicted octanol–water partition coefficient (Wildman–Crippen LogP) is 13.6. The zero-order chi connectivity index (χ0) is 34.8. The third kappa shape index (κ3) is 6.81. The Morgan fingerprint density at radius 1 is 0.549 bits per heavy atom. The van der Waals surface area contributed by atoms with E-state index in [9.17, 15) is 0 Å². The summed E-state index contributed by atoms with van der Waals surface area (Å²) in [6.45, 7) is 4.37. The highest BCUT2D eigenvalue weighted by molar-refractivity contribution is 7.25. The lowest BCUT2D eigenvalue weighted by Gasteiger charge is -2.28. The van der Waals surface area contributed by atoms with Crippen LogP contribution in [0.5, 0.6) is 0 Å².